The van der Waals surface area contributed by atoms with Crippen LogP contribution in [0.1, 0.15) is 68.9 Å². The van der Waals surface area contributed by atoms with Gasteiger partial charge in [0.1, 0.15) is 11.6 Å². The smallest absolute Gasteiger partial charge is 0.129 e. The number of benzene rings is 1. The highest BCUT2D eigenvalue weighted by Crippen LogP contribution is 2.42. The maximum atomic E-state index is 13.7. The van der Waals surface area contributed by atoms with Crippen LogP contribution >= 0.6 is 0 Å². The summed E-state index contributed by atoms with van der Waals surface area (Å²) in [5, 5.41) is 0. The van der Waals surface area contributed by atoms with E-state index in [1.807, 2.05) is 0 Å². The molecule has 2 saturated carbocycles. The predicted molar refractivity (Wildman–Crippen MR) is 101 cm³/mol. The van der Waals surface area contributed by atoms with Crippen molar-refractivity contribution in [3.8, 4) is 0 Å². The van der Waals surface area contributed by atoms with Crippen molar-refractivity contribution in [1.29, 1.82) is 0 Å². The Morgan fingerprint density at radius 2 is 1.32 bits per heavy atom. The molecule has 0 saturated heterocycles. The Morgan fingerprint density at radius 1 is 0.840 bits per heavy atom. The normalized spacial score (nSPS) is 30.4. The van der Waals surface area contributed by atoms with Gasteiger partial charge in [0, 0.05) is 15.8 Å². The molecule has 0 N–H and O–H groups in total. The van der Waals surface area contributed by atoms with Crippen LogP contribution < -0.4 is 0 Å². The molecule has 0 aliphatic heterocycles. The molecule has 3 heteroatoms. The number of rotatable bonds is 5. The highest BCUT2D eigenvalue weighted by molar-refractivity contribution is 6.08. The molecule has 0 amide bonds. The molecule has 0 aromatic heterocycles. The Labute approximate surface area is 155 Å². The zero-order chi connectivity index (χ0) is 17.8. The second-order valence-corrected chi connectivity index (χ2v) is 8.90. The highest BCUT2D eigenvalue weighted by Gasteiger charge is 2.30. The molecular formula is C22H31F2Si. The van der Waals surface area contributed by atoms with Gasteiger partial charge in [-0.3, -0.25) is 0 Å². The van der Waals surface area contributed by atoms with E-state index in [2.05, 4.69) is 10.2 Å². The van der Waals surface area contributed by atoms with E-state index in [1.54, 1.807) is 0 Å². The number of aryl methyl sites for hydroxylation is 1. The number of hydrogen-bond acceptors (Lipinski definition) is 0. The van der Waals surface area contributed by atoms with Crippen LogP contribution in [0.15, 0.2) is 12.1 Å². The lowest BCUT2D eigenvalue weighted by atomic mass is 9.69. The minimum Gasteiger partial charge on any atom is -0.207 e. The van der Waals surface area contributed by atoms with Crippen LogP contribution in [0.2, 0.25) is 6.04 Å². The molecular weight excluding hydrogens is 330 g/mol. The molecule has 0 heterocycles. The van der Waals surface area contributed by atoms with Gasteiger partial charge >= 0.3 is 0 Å². The Balaban J connectivity index is 1.42. The van der Waals surface area contributed by atoms with Crippen molar-refractivity contribution < 1.29 is 8.78 Å². The summed E-state index contributed by atoms with van der Waals surface area (Å²) in [5.74, 6) is 2.72. The van der Waals surface area contributed by atoms with E-state index >= 15 is 0 Å². The number of halogens is 2. The zero-order valence-electron chi connectivity index (χ0n) is 15.5. The molecule has 2 fully saturated rings. The molecule has 2 aliphatic carbocycles. The lowest BCUT2D eigenvalue weighted by molar-refractivity contribution is 0.148. The van der Waals surface area contributed by atoms with Crippen LogP contribution in [-0.2, 0) is 6.42 Å². The van der Waals surface area contributed by atoms with Gasteiger partial charge in [0.05, 0.1) is 0 Å². The Morgan fingerprint density at radius 3 is 1.80 bits per heavy atom. The van der Waals surface area contributed by atoms with E-state index < -0.39 is 11.6 Å². The van der Waals surface area contributed by atoms with Crippen molar-refractivity contribution in [3.63, 3.8) is 0 Å². The van der Waals surface area contributed by atoms with Crippen LogP contribution in [0.25, 0.3) is 0 Å². The third kappa shape index (κ3) is 4.93. The van der Waals surface area contributed by atoms with E-state index in [-0.39, 0.29) is 5.56 Å². The average molecular weight is 362 g/mol. The maximum Gasteiger partial charge on any atom is 0.129 e. The zero-order valence-corrected chi connectivity index (χ0v) is 16.5. The third-order valence-corrected chi connectivity index (χ3v) is 7.50. The summed E-state index contributed by atoms with van der Waals surface area (Å²) < 4.78 is 27.3. The van der Waals surface area contributed by atoms with E-state index in [4.69, 9.17) is 0 Å². The van der Waals surface area contributed by atoms with Crippen molar-refractivity contribution in [3.05, 3.63) is 34.9 Å². The molecule has 2 aliphatic rings. The average Bonchev–Trinajstić information content (AvgIpc) is 2.65. The van der Waals surface area contributed by atoms with Crippen LogP contribution in [0, 0.1) is 42.2 Å². The van der Waals surface area contributed by atoms with Crippen LogP contribution in [-0.4, -0.2) is 10.2 Å². The summed E-state index contributed by atoms with van der Waals surface area (Å²) in [6.45, 7) is 1.50. The highest BCUT2D eigenvalue weighted by atomic mass is 28.1. The van der Waals surface area contributed by atoms with E-state index in [0.29, 0.717) is 0 Å². The van der Waals surface area contributed by atoms with Crippen molar-refractivity contribution in [2.45, 2.75) is 77.2 Å². The first-order chi connectivity index (χ1) is 12.1. The molecule has 0 atom stereocenters. The van der Waals surface area contributed by atoms with Crippen molar-refractivity contribution in [1.82, 2.24) is 0 Å². The first-order valence-corrected chi connectivity index (χ1v) is 10.9. The molecule has 25 heavy (non-hydrogen) atoms. The molecule has 3 rings (SSSR count). The second-order valence-electron chi connectivity index (χ2n) is 8.49. The van der Waals surface area contributed by atoms with Gasteiger partial charge in [-0.05, 0) is 86.8 Å². The summed E-state index contributed by atoms with van der Waals surface area (Å²) in [6, 6.07) is 4.21. The summed E-state index contributed by atoms with van der Waals surface area (Å²) >= 11 is 0. The molecule has 1 aromatic rings. The fraction of sp³-hybridized carbons (Fsp3) is 0.727. The minimum absolute atomic E-state index is 0.138. The second kappa shape index (κ2) is 8.79. The summed E-state index contributed by atoms with van der Waals surface area (Å²) in [4.78, 5) is 0. The van der Waals surface area contributed by atoms with Crippen LogP contribution in [0.5, 0.6) is 0 Å². The molecule has 3 radical (unpaired) electrons. The summed E-state index contributed by atoms with van der Waals surface area (Å²) in [7, 11) is 3.69. The fourth-order valence-electron chi connectivity index (χ4n) is 5.02. The van der Waals surface area contributed by atoms with E-state index in [0.717, 1.165) is 42.1 Å². The van der Waals surface area contributed by atoms with Gasteiger partial charge in [0.2, 0.25) is 0 Å². The van der Waals surface area contributed by atoms with Crippen molar-refractivity contribution >= 4 is 10.2 Å². The van der Waals surface area contributed by atoms with E-state index in [9.17, 15) is 8.78 Å². The monoisotopic (exact) mass is 361 g/mol. The predicted octanol–water partition coefficient (Wildman–Crippen LogP) is 6.41. The Bertz CT molecular complexity index is 532. The van der Waals surface area contributed by atoms with Gasteiger partial charge in [-0.2, -0.15) is 0 Å². The van der Waals surface area contributed by atoms with Crippen LogP contribution in [0.4, 0.5) is 8.78 Å². The molecule has 0 nitrogen and oxygen atoms in total. The van der Waals surface area contributed by atoms with Gasteiger partial charge < -0.3 is 0 Å². The lowest BCUT2D eigenvalue weighted by Gasteiger charge is -2.37. The largest absolute Gasteiger partial charge is 0.207 e. The van der Waals surface area contributed by atoms with Gasteiger partial charge in [-0.15, -0.1) is 0 Å². The SMILES string of the molecule is Cc1c(F)cc(CCC2CCC(C3CCC(C[Si])CC3)CC2)cc1F. The van der Waals surface area contributed by atoms with Gasteiger partial charge in [-0.1, -0.05) is 31.7 Å². The summed E-state index contributed by atoms with van der Waals surface area (Å²) in [5.41, 5.74) is 0.953. The molecule has 137 valence electrons. The van der Waals surface area contributed by atoms with Crippen LogP contribution in [0.3, 0.4) is 0 Å². The van der Waals surface area contributed by atoms with Gasteiger partial charge in [0.25, 0.3) is 0 Å². The Kier molecular flexibility index (Phi) is 6.71. The third-order valence-electron chi connectivity index (χ3n) is 6.92. The first kappa shape index (κ1) is 19.1. The topological polar surface area (TPSA) is 0 Å². The standard InChI is InChI=1S/C22H31F2Si/c1-15-21(23)12-18(13-22(15)24)3-2-16-4-8-19(9-5-16)20-10-6-17(14-25)7-11-20/h12-13,16-17,19-20H,2-11,14H2,1H3. The van der Waals surface area contributed by atoms with Gasteiger partial charge in [0.15, 0.2) is 0 Å². The lowest BCUT2D eigenvalue weighted by Crippen LogP contribution is -2.26. The Hall–Kier alpha value is -0.703. The maximum absolute atomic E-state index is 13.7. The summed E-state index contributed by atoms with van der Waals surface area (Å²) in [6.07, 6.45) is 12.9. The quantitative estimate of drug-likeness (QED) is 0.532. The van der Waals surface area contributed by atoms with Crippen molar-refractivity contribution in [2.75, 3.05) is 0 Å². The number of hydrogen-bond donors (Lipinski definition) is 0. The minimum atomic E-state index is -0.405. The van der Waals surface area contributed by atoms with Gasteiger partial charge in [-0.25, -0.2) is 8.78 Å². The van der Waals surface area contributed by atoms with E-state index in [1.165, 1.54) is 76.5 Å². The first-order valence-electron chi connectivity index (χ1n) is 10.2. The molecule has 1 aromatic carbocycles. The fourth-order valence-corrected chi connectivity index (χ4v) is 5.43. The molecule has 0 spiro atoms. The molecule has 0 bridgehead atoms. The molecule has 0 unspecified atom stereocenters. The van der Waals surface area contributed by atoms with Crippen molar-refractivity contribution in [2.24, 2.45) is 23.7 Å².